The molecule has 0 aromatic heterocycles. The Morgan fingerprint density at radius 2 is 1.00 bits per heavy atom. The maximum Gasteiger partial charge on any atom is 0.309 e. The number of hydrogen-bond donors (Lipinski definition) is 0. The largest absolute Gasteiger partial charge is 0.460 e. The maximum absolute atomic E-state index is 12.3. The van der Waals surface area contributed by atoms with E-state index in [-0.39, 0.29) is 23.8 Å². The van der Waals surface area contributed by atoms with Gasteiger partial charge in [0.15, 0.2) is 0 Å². The molecule has 4 unspecified atom stereocenters. The van der Waals surface area contributed by atoms with Gasteiger partial charge < -0.3 is 9.47 Å². The summed E-state index contributed by atoms with van der Waals surface area (Å²) in [7, 11) is 0. The molecular formula is C20H34O4. The second-order valence-corrected chi connectivity index (χ2v) is 9.61. The van der Waals surface area contributed by atoms with Crippen LogP contribution >= 0.6 is 0 Å². The zero-order valence-corrected chi connectivity index (χ0v) is 16.2. The smallest absolute Gasteiger partial charge is 0.309 e. The van der Waals surface area contributed by atoms with Crippen molar-refractivity contribution in [3.8, 4) is 0 Å². The molecule has 4 atom stereocenters. The van der Waals surface area contributed by atoms with E-state index < -0.39 is 11.2 Å². The lowest BCUT2D eigenvalue weighted by atomic mass is 9.65. The Morgan fingerprint density at radius 3 is 1.29 bits per heavy atom. The molecule has 2 aliphatic carbocycles. The zero-order chi connectivity index (χ0) is 18.1. The Morgan fingerprint density at radius 1 is 0.667 bits per heavy atom. The van der Waals surface area contributed by atoms with E-state index in [0.717, 1.165) is 38.5 Å². The second-order valence-electron chi connectivity index (χ2n) is 9.61. The first kappa shape index (κ1) is 19.3. The van der Waals surface area contributed by atoms with Crippen LogP contribution in [0.3, 0.4) is 0 Å². The SMILES string of the molecule is CC(C)(C)OC(=O)C1CCC2CC(C(=O)OC(C)(C)C)CCC2C1. The minimum atomic E-state index is -0.414. The summed E-state index contributed by atoms with van der Waals surface area (Å²) in [4.78, 5) is 24.6. The number of carbonyl (C=O) groups excluding carboxylic acids is 2. The first-order valence-electron chi connectivity index (χ1n) is 9.40. The van der Waals surface area contributed by atoms with Crippen molar-refractivity contribution >= 4 is 11.9 Å². The van der Waals surface area contributed by atoms with Crippen LogP contribution < -0.4 is 0 Å². The maximum atomic E-state index is 12.3. The van der Waals surface area contributed by atoms with E-state index >= 15 is 0 Å². The van der Waals surface area contributed by atoms with E-state index in [4.69, 9.17) is 9.47 Å². The summed E-state index contributed by atoms with van der Waals surface area (Å²) >= 11 is 0. The Bertz CT molecular complexity index is 425. The summed E-state index contributed by atoms with van der Waals surface area (Å²) in [6.45, 7) is 11.5. The summed E-state index contributed by atoms with van der Waals surface area (Å²) < 4.78 is 11.1. The molecule has 0 radical (unpaired) electrons. The van der Waals surface area contributed by atoms with Gasteiger partial charge >= 0.3 is 11.9 Å². The highest BCUT2D eigenvalue weighted by molar-refractivity contribution is 5.74. The predicted molar refractivity (Wildman–Crippen MR) is 93.4 cm³/mol. The summed E-state index contributed by atoms with van der Waals surface area (Å²) in [5, 5.41) is 0. The molecule has 2 rings (SSSR count). The third kappa shape index (κ3) is 5.49. The zero-order valence-electron chi connectivity index (χ0n) is 16.2. The van der Waals surface area contributed by atoms with Crippen LogP contribution in [0.2, 0.25) is 0 Å². The molecule has 0 N–H and O–H groups in total. The molecule has 0 amide bonds. The number of fused-ring (bicyclic) bond motifs is 1. The third-order valence-corrected chi connectivity index (χ3v) is 5.09. The second kappa shape index (κ2) is 7.05. The molecule has 4 nitrogen and oxygen atoms in total. The molecular weight excluding hydrogens is 304 g/mol. The lowest BCUT2D eigenvalue weighted by molar-refractivity contribution is -0.166. The van der Waals surface area contributed by atoms with Gasteiger partial charge in [0.2, 0.25) is 0 Å². The predicted octanol–water partition coefficient (Wildman–Crippen LogP) is 4.50. The first-order valence-corrected chi connectivity index (χ1v) is 9.40. The highest BCUT2D eigenvalue weighted by Crippen LogP contribution is 2.45. The molecule has 0 spiro atoms. The van der Waals surface area contributed by atoms with E-state index in [1.165, 1.54) is 0 Å². The van der Waals surface area contributed by atoms with Crippen LogP contribution in [-0.2, 0) is 19.1 Å². The van der Waals surface area contributed by atoms with Gasteiger partial charge in [-0.3, -0.25) is 9.59 Å². The number of ether oxygens (including phenoxy) is 2. The van der Waals surface area contributed by atoms with E-state index in [1.54, 1.807) is 0 Å². The fraction of sp³-hybridized carbons (Fsp3) is 0.900. The number of rotatable bonds is 2. The lowest BCUT2D eigenvalue weighted by Crippen LogP contribution is -2.39. The molecule has 0 aliphatic heterocycles. The van der Waals surface area contributed by atoms with E-state index in [0.29, 0.717) is 11.8 Å². The molecule has 0 heterocycles. The van der Waals surface area contributed by atoms with Crippen molar-refractivity contribution in [2.45, 2.75) is 91.3 Å². The van der Waals surface area contributed by atoms with Crippen molar-refractivity contribution in [3.63, 3.8) is 0 Å². The summed E-state index contributed by atoms with van der Waals surface area (Å²) in [5.41, 5.74) is -0.829. The average Bonchev–Trinajstić information content (AvgIpc) is 2.42. The molecule has 2 aliphatic rings. The normalized spacial score (nSPS) is 31.1. The van der Waals surface area contributed by atoms with Crippen LogP contribution in [0.1, 0.15) is 80.1 Å². The van der Waals surface area contributed by atoms with Crippen LogP contribution in [-0.4, -0.2) is 23.1 Å². The van der Waals surface area contributed by atoms with Crippen LogP contribution in [0.4, 0.5) is 0 Å². The molecule has 0 aromatic carbocycles. The molecule has 0 aromatic rings. The lowest BCUT2D eigenvalue weighted by Gasteiger charge is -2.41. The monoisotopic (exact) mass is 338 g/mol. The van der Waals surface area contributed by atoms with Gasteiger partial charge in [0.1, 0.15) is 11.2 Å². The van der Waals surface area contributed by atoms with Crippen molar-refractivity contribution in [2.24, 2.45) is 23.7 Å². The average molecular weight is 338 g/mol. The summed E-state index contributed by atoms with van der Waals surface area (Å²) in [6.07, 6.45) is 5.65. The quantitative estimate of drug-likeness (QED) is 0.696. The van der Waals surface area contributed by atoms with Crippen molar-refractivity contribution in [1.29, 1.82) is 0 Å². The van der Waals surface area contributed by atoms with Crippen LogP contribution in [0.25, 0.3) is 0 Å². The Kier molecular flexibility index (Phi) is 5.66. The van der Waals surface area contributed by atoms with Gasteiger partial charge in [-0.1, -0.05) is 0 Å². The van der Waals surface area contributed by atoms with Crippen molar-refractivity contribution in [1.82, 2.24) is 0 Å². The van der Waals surface area contributed by atoms with Gasteiger partial charge in [-0.05, 0) is 91.9 Å². The van der Waals surface area contributed by atoms with E-state index in [1.807, 2.05) is 41.5 Å². The Balaban J connectivity index is 1.87. The minimum absolute atomic E-state index is 0.0311. The first-order chi connectivity index (χ1) is 10.9. The van der Waals surface area contributed by atoms with Gasteiger partial charge in [0.25, 0.3) is 0 Å². The third-order valence-electron chi connectivity index (χ3n) is 5.09. The molecule has 2 fully saturated rings. The number of esters is 2. The van der Waals surface area contributed by atoms with Crippen molar-refractivity contribution < 1.29 is 19.1 Å². The fourth-order valence-electron chi connectivity index (χ4n) is 4.09. The topological polar surface area (TPSA) is 52.6 Å². The Labute approximate surface area is 146 Å². The van der Waals surface area contributed by atoms with Crippen LogP contribution in [0.5, 0.6) is 0 Å². The molecule has 138 valence electrons. The van der Waals surface area contributed by atoms with E-state index in [2.05, 4.69) is 0 Å². The number of hydrogen-bond acceptors (Lipinski definition) is 4. The number of carbonyl (C=O) groups is 2. The molecule has 24 heavy (non-hydrogen) atoms. The fourth-order valence-corrected chi connectivity index (χ4v) is 4.09. The molecule has 4 heteroatoms. The van der Waals surface area contributed by atoms with Gasteiger partial charge in [0.05, 0.1) is 11.8 Å². The minimum Gasteiger partial charge on any atom is -0.460 e. The van der Waals surface area contributed by atoms with Crippen molar-refractivity contribution in [2.75, 3.05) is 0 Å². The van der Waals surface area contributed by atoms with Gasteiger partial charge in [-0.25, -0.2) is 0 Å². The highest BCUT2D eigenvalue weighted by Gasteiger charge is 2.41. The van der Waals surface area contributed by atoms with E-state index in [9.17, 15) is 9.59 Å². The van der Waals surface area contributed by atoms with Crippen LogP contribution in [0.15, 0.2) is 0 Å². The van der Waals surface area contributed by atoms with Crippen LogP contribution in [0, 0.1) is 23.7 Å². The molecule has 0 bridgehead atoms. The summed E-state index contributed by atoms with van der Waals surface area (Å²) in [5.74, 6) is 1.07. The Hall–Kier alpha value is -1.06. The van der Waals surface area contributed by atoms with Crippen molar-refractivity contribution in [3.05, 3.63) is 0 Å². The molecule has 2 saturated carbocycles. The molecule has 0 saturated heterocycles. The summed E-state index contributed by atoms with van der Waals surface area (Å²) in [6, 6.07) is 0. The highest BCUT2D eigenvalue weighted by atomic mass is 16.6. The van der Waals surface area contributed by atoms with Gasteiger partial charge in [0, 0.05) is 0 Å². The van der Waals surface area contributed by atoms with Gasteiger partial charge in [-0.15, -0.1) is 0 Å². The standard InChI is InChI=1S/C20H34O4/c1-19(2,3)23-17(21)15-9-7-14-12-16(10-8-13(14)11-15)18(22)24-20(4,5)6/h13-16H,7-12H2,1-6H3. The van der Waals surface area contributed by atoms with Gasteiger partial charge in [-0.2, -0.15) is 0 Å².